The Balaban J connectivity index is 2.40. The highest BCUT2D eigenvalue weighted by Gasteiger charge is 2.13. The molecule has 104 valence electrons. The van der Waals surface area contributed by atoms with Gasteiger partial charge in [0.25, 0.3) is 0 Å². The standard InChI is InChI=1S/C15H14BrNO2S/c1-2-18-11-7-3-4-8-12(11)19-13-9-5-6-10(16)14(13)15(17)20/h3-9H,2H2,1H3,(H2,17,20). The van der Waals surface area contributed by atoms with Crippen LogP contribution in [0.4, 0.5) is 0 Å². The van der Waals surface area contributed by atoms with Gasteiger partial charge in [-0.25, -0.2) is 0 Å². The van der Waals surface area contributed by atoms with Crippen LogP contribution in [-0.4, -0.2) is 11.6 Å². The Labute approximate surface area is 131 Å². The zero-order valence-corrected chi connectivity index (χ0v) is 13.3. The van der Waals surface area contributed by atoms with Gasteiger partial charge in [-0.2, -0.15) is 0 Å². The van der Waals surface area contributed by atoms with E-state index >= 15 is 0 Å². The Hall–Kier alpha value is -1.59. The summed E-state index contributed by atoms with van der Waals surface area (Å²) in [5.41, 5.74) is 6.43. The van der Waals surface area contributed by atoms with Crippen molar-refractivity contribution in [1.82, 2.24) is 0 Å². The van der Waals surface area contributed by atoms with Crippen molar-refractivity contribution in [3.05, 3.63) is 52.5 Å². The van der Waals surface area contributed by atoms with Crippen molar-refractivity contribution in [2.45, 2.75) is 6.92 Å². The second-order valence-corrected chi connectivity index (χ2v) is 5.25. The van der Waals surface area contributed by atoms with E-state index in [2.05, 4.69) is 15.9 Å². The van der Waals surface area contributed by atoms with Crippen LogP contribution in [0.3, 0.4) is 0 Å². The molecule has 0 spiro atoms. The molecular weight excluding hydrogens is 338 g/mol. The maximum absolute atomic E-state index is 5.91. The Morgan fingerprint density at radius 2 is 1.75 bits per heavy atom. The van der Waals surface area contributed by atoms with Gasteiger partial charge >= 0.3 is 0 Å². The maximum Gasteiger partial charge on any atom is 0.169 e. The van der Waals surface area contributed by atoms with Gasteiger partial charge in [0.1, 0.15) is 10.7 Å². The van der Waals surface area contributed by atoms with Gasteiger partial charge in [0, 0.05) is 4.47 Å². The van der Waals surface area contributed by atoms with E-state index in [-0.39, 0.29) is 4.99 Å². The first-order valence-electron chi connectivity index (χ1n) is 6.11. The van der Waals surface area contributed by atoms with Crippen molar-refractivity contribution >= 4 is 33.1 Å². The molecule has 0 bridgehead atoms. The predicted octanol–water partition coefficient (Wildman–Crippen LogP) is 4.27. The van der Waals surface area contributed by atoms with E-state index in [1.165, 1.54) is 0 Å². The van der Waals surface area contributed by atoms with Crippen molar-refractivity contribution in [2.24, 2.45) is 5.73 Å². The van der Waals surface area contributed by atoms with Crippen molar-refractivity contribution < 1.29 is 9.47 Å². The van der Waals surface area contributed by atoms with Crippen LogP contribution >= 0.6 is 28.1 Å². The van der Waals surface area contributed by atoms with Gasteiger partial charge in [0.05, 0.1) is 12.2 Å². The molecule has 3 nitrogen and oxygen atoms in total. The fraction of sp³-hybridized carbons (Fsp3) is 0.133. The van der Waals surface area contributed by atoms with E-state index in [0.717, 1.165) is 4.47 Å². The van der Waals surface area contributed by atoms with Gasteiger partial charge in [-0.15, -0.1) is 0 Å². The lowest BCUT2D eigenvalue weighted by molar-refractivity contribution is 0.321. The highest BCUT2D eigenvalue weighted by atomic mass is 79.9. The van der Waals surface area contributed by atoms with E-state index in [0.29, 0.717) is 29.4 Å². The van der Waals surface area contributed by atoms with Gasteiger partial charge in [-0.3, -0.25) is 0 Å². The molecule has 2 N–H and O–H groups in total. The third kappa shape index (κ3) is 3.29. The highest BCUT2D eigenvalue weighted by Crippen LogP contribution is 2.35. The maximum atomic E-state index is 5.91. The molecule has 0 amide bonds. The summed E-state index contributed by atoms with van der Waals surface area (Å²) in [4.78, 5) is 0.279. The van der Waals surface area contributed by atoms with Crippen molar-refractivity contribution in [3.63, 3.8) is 0 Å². The fourth-order valence-electron chi connectivity index (χ4n) is 1.76. The molecule has 0 aromatic heterocycles. The second kappa shape index (κ2) is 6.72. The molecule has 0 saturated heterocycles. The van der Waals surface area contributed by atoms with E-state index in [1.54, 1.807) is 0 Å². The fourth-order valence-corrected chi connectivity index (χ4v) is 2.66. The minimum atomic E-state index is 0.279. The zero-order chi connectivity index (χ0) is 14.5. The first-order chi connectivity index (χ1) is 9.63. The molecule has 0 aliphatic carbocycles. The molecule has 2 rings (SSSR count). The topological polar surface area (TPSA) is 44.5 Å². The molecule has 0 aliphatic rings. The van der Waals surface area contributed by atoms with Crippen LogP contribution in [0.15, 0.2) is 46.9 Å². The minimum absolute atomic E-state index is 0.279. The minimum Gasteiger partial charge on any atom is -0.490 e. The van der Waals surface area contributed by atoms with Crippen LogP contribution < -0.4 is 15.2 Å². The molecule has 0 atom stereocenters. The largest absolute Gasteiger partial charge is 0.490 e. The summed E-state index contributed by atoms with van der Waals surface area (Å²) in [5, 5.41) is 0. The Morgan fingerprint density at radius 3 is 2.40 bits per heavy atom. The highest BCUT2D eigenvalue weighted by molar-refractivity contribution is 9.10. The third-order valence-corrected chi connectivity index (χ3v) is 3.46. The number of nitrogens with two attached hydrogens (primary N) is 1. The number of para-hydroxylation sites is 2. The summed E-state index contributed by atoms with van der Waals surface area (Å²) in [6, 6.07) is 13.0. The summed E-state index contributed by atoms with van der Waals surface area (Å²) in [7, 11) is 0. The van der Waals surface area contributed by atoms with Gasteiger partial charge in [0.2, 0.25) is 0 Å². The molecule has 20 heavy (non-hydrogen) atoms. The summed E-state index contributed by atoms with van der Waals surface area (Å²) < 4.78 is 12.3. The summed E-state index contributed by atoms with van der Waals surface area (Å²) in [5.74, 6) is 1.91. The van der Waals surface area contributed by atoms with Crippen LogP contribution in [-0.2, 0) is 0 Å². The van der Waals surface area contributed by atoms with Gasteiger partial charge < -0.3 is 15.2 Å². The number of hydrogen-bond donors (Lipinski definition) is 1. The van der Waals surface area contributed by atoms with Gasteiger partial charge in [0.15, 0.2) is 11.5 Å². The summed E-state index contributed by atoms with van der Waals surface area (Å²) in [6.07, 6.45) is 0. The molecule has 2 aromatic carbocycles. The first-order valence-corrected chi connectivity index (χ1v) is 7.31. The molecule has 0 fully saturated rings. The second-order valence-electron chi connectivity index (χ2n) is 3.96. The molecule has 0 heterocycles. The van der Waals surface area contributed by atoms with E-state index in [4.69, 9.17) is 27.4 Å². The van der Waals surface area contributed by atoms with Crippen LogP contribution in [0.25, 0.3) is 0 Å². The van der Waals surface area contributed by atoms with Gasteiger partial charge in [-0.1, -0.05) is 30.4 Å². The normalized spacial score (nSPS) is 10.1. The monoisotopic (exact) mass is 351 g/mol. The lowest BCUT2D eigenvalue weighted by Gasteiger charge is -2.14. The smallest absolute Gasteiger partial charge is 0.169 e. The number of rotatable bonds is 5. The summed E-state index contributed by atoms with van der Waals surface area (Å²) >= 11 is 8.51. The Morgan fingerprint density at radius 1 is 1.10 bits per heavy atom. The Bertz CT molecular complexity index is 631. The number of benzene rings is 2. The molecule has 0 unspecified atom stereocenters. The molecule has 0 saturated carbocycles. The van der Waals surface area contributed by atoms with E-state index in [9.17, 15) is 0 Å². The predicted molar refractivity (Wildman–Crippen MR) is 87.7 cm³/mol. The van der Waals surface area contributed by atoms with Crippen molar-refractivity contribution in [3.8, 4) is 17.2 Å². The Kier molecular flexibility index (Phi) is 4.98. The first kappa shape index (κ1) is 14.8. The molecule has 0 aliphatic heterocycles. The molecular formula is C15H14BrNO2S. The summed E-state index contributed by atoms with van der Waals surface area (Å²) in [6.45, 7) is 2.50. The molecule has 5 heteroatoms. The van der Waals surface area contributed by atoms with Crippen LogP contribution in [0.1, 0.15) is 12.5 Å². The average molecular weight is 352 g/mol. The van der Waals surface area contributed by atoms with Crippen LogP contribution in [0.2, 0.25) is 0 Å². The molecule has 2 aromatic rings. The average Bonchev–Trinajstić information content (AvgIpc) is 2.41. The lowest BCUT2D eigenvalue weighted by atomic mass is 10.2. The number of halogens is 1. The van der Waals surface area contributed by atoms with Gasteiger partial charge in [-0.05, 0) is 47.1 Å². The SMILES string of the molecule is CCOc1ccccc1Oc1cccc(Br)c1C(N)=S. The van der Waals surface area contributed by atoms with E-state index < -0.39 is 0 Å². The van der Waals surface area contributed by atoms with Crippen LogP contribution in [0.5, 0.6) is 17.2 Å². The van der Waals surface area contributed by atoms with E-state index in [1.807, 2.05) is 49.4 Å². The van der Waals surface area contributed by atoms with Crippen LogP contribution in [0, 0.1) is 0 Å². The molecule has 0 radical (unpaired) electrons. The third-order valence-electron chi connectivity index (χ3n) is 2.59. The lowest BCUT2D eigenvalue weighted by Crippen LogP contribution is -2.11. The number of ether oxygens (including phenoxy) is 2. The number of hydrogen-bond acceptors (Lipinski definition) is 3. The quantitative estimate of drug-likeness (QED) is 0.816. The zero-order valence-electron chi connectivity index (χ0n) is 10.9. The van der Waals surface area contributed by atoms with Crippen molar-refractivity contribution in [2.75, 3.05) is 6.61 Å². The number of thiocarbonyl (C=S) groups is 1. The van der Waals surface area contributed by atoms with Crippen molar-refractivity contribution in [1.29, 1.82) is 0 Å².